The van der Waals surface area contributed by atoms with Gasteiger partial charge in [0.1, 0.15) is 0 Å². The minimum absolute atomic E-state index is 0.00104. The Kier molecular flexibility index (Phi) is 3.22. The zero-order valence-corrected chi connectivity index (χ0v) is 8.39. The number of nitrogens with two attached hydrogens (primary N) is 1. The number of carbonyl (C=O) groups is 1. The van der Waals surface area contributed by atoms with Crippen molar-refractivity contribution in [3.05, 3.63) is 5.82 Å². The van der Waals surface area contributed by atoms with Crippen LogP contribution in [0.3, 0.4) is 0 Å². The number of hydrogen-bond acceptors (Lipinski definition) is 4. The fourth-order valence-electron chi connectivity index (χ4n) is 0.823. The number of carbonyl (C=O) groups excluding carboxylic acids is 1. The molecule has 1 heterocycles. The van der Waals surface area contributed by atoms with E-state index in [1.807, 2.05) is 0 Å². The summed E-state index contributed by atoms with van der Waals surface area (Å²) >= 11 is 0.807. The summed E-state index contributed by atoms with van der Waals surface area (Å²) in [6.07, 6.45) is -4.55. The maximum atomic E-state index is 12.2. The van der Waals surface area contributed by atoms with Crippen molar-refractivity contribution in [3.63, 3.8) is 0 Å². The zero-order chi connectivity index (χ0) is 11.6. The molecule has 0 unspecified atom stereocenters. The van der Waals surface area contributed by atoms with Crippen molar-refractivity contribution in [2.24, 2.45) is 12.8 Å². The van der Waals surface area contributed by atoms with Crippen molar-refractivity contribution in [1.29, 1.82) is 0 Å². The van der Waals surface area contributed by atoms with Gasteiger partial charge >= 0.3 is 6.18 Å². The highest BCUT2D eigenvalue weighted by Crippen LogP contribution is 2.29. The second kappa shape index (κ2) is 4.09. The van der Waals surface area contributed by atoms with Crippen LogP contribution in [0.25, 0.3) is 0 Å². The molecule has 2 N–H and O–H groups in total. The highest BCUT2D eigenvalue weighted by molar-refractivity contribution is 7.99. The van der Waals surface area contributed by atoms with E-state index in [-0.39, 0.29) is 10.9 Å². The van der Waals surface area contributed by atoms with Gasteiger partial charge in [-0.15, -0.1) is 10.2 Å². The molecule has 1 rings (SSSR count). The molecule has 9 heteroatoms. The first kappa shape index (κ1) is 11.8. The summed E-state index contributed by atoms with van der Waals surface area (Å²) in [5.41, 5.74) is 4.84. The molecule has 84 valence electrons. The van der Waals surface area contributed by atoms with Crippen molar-refractivity contribution in [3.8, 4) is 0 Å². The van der Waals surface area contributed by atoms with Crippen LogP contribution in [0.1, 0.15) is 5.82 Å². The molecule has 0 saturated carbocycles. The van der Waals surface area contributed by atoms with Crippen LogP contribution in [-0.2, 0) is 18.0 Å². The Morgan fingerprint density at radius 3 is 2.53 bits per heavy atom. The van der Waals surface area contributed by atoms with Gasteiger partial charge in [0.25, 0.3) is 0 Å². The smallest absolute Gasteiger partial charge is 0.369 e. The van der Waals surface area contributed by atoms with E-state index >= 15 is 0 Å². The van der Waals surface area contributed by atoms with Gasteiger partial charge in [-0.3, -0.25) is 4.79 Å². The highest BCUT2D eigenvalue weighted by Gasteiger charge is 2.37. The largest absolute Gasteiger partial charge is 0.451 e. The lowest BCUT2D eigenvalue weighted by Gasteiger charge is -2.05. The van der Waals surface area contributed by atoms with Crippen LogP contribution in [0, 0.1) is 0 Å². The van der Waals surface area contributed by atoms with Gasteiger partial charge < -0.3 is 10.3 Å². The second-order valence-corrected chi connectivity index (χ2v) is 3.56. The quantitative estimate of drug-likeness (QED) is 0.776. The highest BCUT2D eigenvalue weighted by atomic mass is 32.2. The van der Waals surface area contributed by atoms with E-state index in [9.17, 15) is 18.0 Å². The summed E-state index contributed by atoms with van der Waals surface area (Å²) in [5, 5.41) is 6.28. The summed E-state index contributed by atoms with van der Waals surface area (Å²) in [6.45, 7) is 0. The van der Waals surface area contributed by atoms with Gasteiger partial charge in [-0.2, -0.15) is 13.2 Å². The molecule has 0 fully saturated rings. The summed E-state index contributed by atoms with van der Waals surface area (Å²) in [7, 11) is 1.17. The SMILES string of the molecule is Cn1c(SCC(N)=O)nnc1C(F)(F)F. The molecule has 0 aliphatic heterocycles. The number of halogens is 3. The van der Waals surface area contributed by atoms with E-state index in [4.69, 9.17) is 5.73 Å². The number of rotatable bonds is 3. The second-order valence-electron chi connectivity index (χ2n) is 2.62. The molecular formula is C6H7F3N4OS. The summed E-state index contributed by atoms with van der Waals surface area (Å²) in [5.74, 6) is -1.87. The molecule has 0 spiro atoms. The van der Waals surface area contributed by atoms with Crippen molar-refractivity contribution in [1.82, 2.24) is 14.8 Å². The minimum atomic E-state index is -4.55. The van der Waals surface area contributed by atoms with Gasteiger partial charge in [0.05, 0.1) is 5.75 Å². The molecule has 0 saturated heterocycles. The zero-order valence-electron chi connectivity index (χ0n) is 7.58. The molecule has 0 radical (unpaired) electrons. The summed E-state index contributed by atoms with van der Waals surface area (Å²) in [4.78, 5) is 10.4. The van der Waals surface area contributed by atoms with E-state index in [0.717, 1.165) is 16.3 Å². The number of aromatic nitrogens is 3. The summed E-state index contributed by atoms with van der Waals surface area (Å²) < 4.78 is 37.5. The molecule has 0 aliphatic carbocycles. The van der Waals surface area contributed by atoms with Gasteiger partial charge in [0.2, 0.25) is 11.7 Å². The molecule has 5 nitrogen and oxygen atoms in total. The maximum Gasteiger partial charge on any atom is 0.451 e. The van der Waals surface area contributed by atoms with Crippen LogP contribution >= 0.6 is 11.8 Å². The number of nitrogens with zero attached hydrogens (tertiary/aromatic N) is 3. The standard InChI is InChI=1S/C6H7F3N4OS/c1-13-4(6(7,8)9)11-12-5(13)15-2-3(10)14/h2H2,1H3,(H2,10,14). The molecule has 15 heavy (non-hydrogen) atoms. The third kappa shape index (κ3) is 2.85. The first-order valence-electron chi connectivity index (χ1n) is 3.70. The van der Waals surface area contributed by atoms with Crippen molar-refractivity contribution < 1.29 is 18.0 Å². The molecule has 0 aliphatic rings. The Morgan fingerprint density at radius 2 is 2.13 bits per heavy atom. The van der Waals surface area contributed by atoms with Gasteiger partial charge in [-0.25, -0.2) is 0 Å². The molecule has 1 aromatic heterocycles. The molecular weight excluding hydrogens is 233 g/mol. The van der Waals surface area contributed by atoms with Crippen LogP contribution in [-0.4, -0.2) is 26.4 Å². The Morgan fingerprint density at radius 1 is 1.53 bits per heavy atom. The molecule has 1 amide bonds. The third-order valence-corrected chi connectivity index (χ3v) is 2.47. The molecule has 0 atom stereocenters. The topological polar surface area (TPSA) is 73.8 Å². The van der Waals surface area contributed by atoms with Crippen LogP contribution in [0.4, 0.5) is 13.2 Å². The molecule has 0 aromatic carbocycles. The Hall–Kier alpha value is -1.25. The lowest BCUT2D eigenvalue weighted by Crippen LogP contribution is -2.15. The van der Waals surface area contributed by atoms with Gasteiger partial charge in [0, 0.05) is 7.05 Å². The molecule has 0 bridgehead atoms. The van der Waals surface area contributed by atoms with Crippen LogP contribution in [0.15, 0.2) is 5.16 Å². The monoisotopic (exact) mass is 240 g/mol. The van der Waals surface area contributed by atoms with Crippen molar-refractivity contribution >= 4 is 17.7 Å². The Bertz CT molecular complexity index is 375. The normalized spacial score (nSPS) is 11.7. The van der Waals surface area contributed by atoms with Gasteiger partial charge in [0.15, 0.2) is 5.16 Å². The molecule has 1 aromatic rings. The number of primary amides is 1. The van der Waals surface area contributed by atoms with Gasteiger partial charge in [-0.1, -0.05) is 11.8 Å². The minimum Gasteiger partial charge on any atom is -0.369 e. The number of thioether (sulfide) groups is 1. The lowest BCUT2D eigenvalue weighted by atomic mass is 10.6. The fraction of sp³-hybridized carbons (Fsp3) is 0.500. The average Bonchev–Trinajstić information content (AvgIpc) is 2.42. The average molecular weight is 240 g/mol. The fourth-order valence-corrected chi connectivity index (χ4v) is 1.47. The summed E-state index contributed by atoms with van der Waals surface area (Å²) in [6, 6.07) is 0. The van der Waals surface area contributed by atoms with E-state index in [0.29, 0.717) is 0 Å². The van der Waals surface area contributed by atoms with Crippen molar-refractivity contribution in [2.45, 2.75) is 11.3 Å². The lowest BCUT2D eigenvalue weighted by molar-refractivity contribution is -0.147. The number of hydrogen-bond donors (Lipinski definition) is 1. The maximum absolute atomic E-state index is 12.2. The first-order valence-corrected chi connectivity index (χ1v) is 4.68. The van der Waals surface area contributed by atoms with E-state index in [1.54, 1.807) is 0 Å². The van der Waals surface area contributed by atoms with E-state index in [1.165, 1.54) is 7.05 Å². The predicted octanol–water partition coefficient (Wildman–Crippen LogP) is 0.411. The van der Waals surface area contributed by atoms with Crippen molar-refractivity contribution in [2.75, 3.05) is 5.75 Å². The van der Waals surface area contributed by atoms with Crippen LogP contribution < -0.4 is 5.73 Å². The Labute approximate surface area is 86.8 Å². The third-order valence-electron chi connectivity index (χ3n) is 1.43. The predicted molar refractivity (Wildman–Crippen MR) is 45.9 cm³/mol. The Balaban J connectivity index is 2.85. The van der Waals surface area contributed by atoms with Crippen LogP contribution in [0.2, 0.25) is 0 Å². The van der Waals surface area contributed by atoms with Crippen LogP contribution in [0.5, 0.6) is 0 Å². The van der Waals surface area contributed by atoms with E-state index in [2.05, 4.69) is 10.2 Å². The number of amides is 1. The number of alkyl halides is 3. The van der Waals surface area contributed by atoms with Gasteiger partial charge in [-0.05, 0) is 0 Å². The first-order chi connectivity index (χ1) is 6.82. The van der Waals surface area contributed by atoms with E-state index < -0.39 is 17.9 Å².